The normalized spacial score (nSPS) is 10.1. The molecular formula is C16H24N2O3. The first-order valence-electron chi connectivity index (χ1n) is 7.08. The van der Waals surface area contributed by atoms with E-state index in [-0.39, 0.29) is 5.91 Å². The number of amides is 1. The van der Waals surface area contributed by atoms with Gasteiger partial charge in [0.15, 0.2) is 0 Å². The van der Waals surface area contributed by atoms with Gasteiger partial charge >= 0.3 is 0 Å². The third-order valence-electron chi connectivity index (χ3n) is 2.61. The van der Waals surface area contributed by atoms with Gasteiger partial charge in [0.25, 0.3) is 5.91 Å². The molecule has 0 atom stereocenters. The summed E-state index contributed by atoms with van der Waals surface area (Å²) in [5.41, 5.74) is 1.59. The first kappa shape index (κ1) is 17.2. The molecule has 2 N–H and O–H groups in total. The molecule has 1 aromatic carbocycles. The van der Waals surface area contributed by atoms with E-state index in [1.165, 1.54) is 0 Å². The van der Waals surface area contributed by atoms with E-state index < -0.39 is 0 Å². The number of carbonyl (C=O) groups excluding carboxylic acids is 1. The standard InChI is InChI=1S/C16H24N2O3/c1-14(2)17-8-10-20-12-13-21-11-9-18-16(19)15-6-4-3-5-7-15/h3-7,17H,1,8-13H2,2H3,(H,18,19). The summed E-state index contributed by atoms with van der Waals surface area (Å²) in [6, 6.07) is 9.12. The van der Waals surface area contributed by atoms with Gasteiger partial charge in [0.1, 0.15) is 0 Å². The molecule has 0 aliphatic rings. The second-order valence-electron chi connectivity index (χ2n) is 4.55. The van der Waals surface area contributed by atoms with Crippen LogP contribution in [0.25, 0.3) is 0 Å². The summed E-state index contributed by atoms with van der Waals surface area (Å²) < 4.78 is 10.7. The second-order valence-corrected chi connectivity index (χ2v) is 4.55. The second kappa shape index (κ2) is 10.9. The minimum atomic E-state index is -0.0821. The lowest BCUT2D eigenvalue weighted by Gasteiger charge is -2.08. The van der Waals surface area contributed by atoms with Crippen LogP contribution in [-0.4, -0.2) is 45.4 Å². The number of hydrogen-bond acceptors (Lipinski definition) is 4. The Morgan fingerprint density at radius 2 is 1.57 bits per heavy atom. The molecular weight excluding hydrogens is 268 g/mol. The van der Waals surface area contributed by atoms with Crippen LogP contribution >= 0.6 is 0 Å². The predicted molar refractivity (Wildman–Crippen MR) is 83.2 cm³/mol. The van der Waals surface area contributed by atoms with Crippen molar-refractivity contribution in [2.75, 3.05) is 39.5 Å². The molecule has 0 saturated heterocycles. The highest BCUT2D eigenvalue weighted by molar-refractivity contribution is 5.94. The van der Waals surface area contributed by atoms with Gasteiger partial charge in [-0.15, -0.1) is 0 Å². The maximum absolute atomic E-state index is 11.7. The third kappa shape index (κ3) is 8.83. The quantitative estimate of drug-likeness (QED) is 0.608. The average molecular weight is 292 g/mol. The Morgan fingerprint density at radius 1 is 1.00 bits per heavy atom. The molecule has 0 radical (unpaired) electrons. The minimum Gasteiger partial charge on any atom is -0.387 e. The van der Waals surface area contributed by atoms with Gasteiger partial charge in [0.05, 0.1) is 26.4 Å². The summed E-state index contributed by atoms with van der Waals surface area (Å²) in [7, 11) is 0. The largest absolute Gasteiger partial charge is 0.387 e. The first-order chi connectivity index (χ1) is 10.2. The smallest absolute Gasteiger partial charge is 0.251 e. The SMILES string of the molecule is C=C(C)NCCOCCOCCNC(=O)c1ccccc1. The molecule has 1 rings (SSSR count). The van der Waals surface area contributed by atoms with Gasteiger partial charge in [-0.1, -0.05) is 24.8 Å². The van der Waals surface area contributed by atoms with Crippen molar-refractivity contribution in [3.63, 3.8) is 0 Å². The van der Waals surface area contributed by atoms with Crippen molar-refractivity contribution in [3.05, 3.63) is 48.2 Å². The zero-order chi connectivity index (χ0) is 15.3. The Hall–Kier alpha value is -1.85. The van der Waals surface area contributed by atoms with Gasteiger partial charge in [0, 0.05) is 24.4 Å². The molecule has 21 heavy (non-hydrogen) atoms. The zero-order valence-electron chi connectivity index (χ0n) is 12.6. The van der Waals surface area contributed by atoms with Crippen LogP contribution in [0.1, 0.15) is 17.3 Å². The number of hydrogen-bond donors (Lipinski definition) is 2. The van der Waals surface area contributed by atoms with Crippen molar-refractivity contribution >= 4 is 5.91 Å². The molecule has 0 spiro atoms. The highest BCUT2D eigenvalue weighted by Crippen LogP contribution is 1.97. The number of nitrogens with one attached hydrogen (secondary N) is 2. The van der Waals surface area contributed by atoms with Crippen LogP contribution in [0.15, 0.2) is 42.6 Å². The molecule has 1 aromatic rings. The van der Waals surface area contributed by atoms with E-state index in [1.54, 1.807) is 12.1 Å². The van der Waals surface area contributed by atoms with E-state index in [4.69, 9.17) is 9.47 Å². The molecule has 116 valence electrons. The van der Waals surface area contributed by atoms with E-state index in [0.717, 1.165) is 12.2 Å². The van der Waals surface area contributed by atoms with Gasteiger partial charge in [-0.05, 0) is 19.1 Å². The molecule has 1 amide bonds. The molecule has 0 aliphatic carbocycles. The van der Waals surface area contributed by atoms with Crippen molar-refractivity contribution in [1.29, 1.82) is 0 Å². The van der Waals surface area contributed by atoms with E-state index >= 15 is 0 Å². The van der Waals surface area contributed by atoms with Gasteiger partial charge in [0.2, 0.25) is 0 Å². The van der Waals surface area contributed by atoms with Gasteiger partial charge in [-0.25, -0.2) is 0 Å². The van der Waals surface area contributed by atoms with E-state index in [9.17, 15) is 4.79 Å². The topological polar surface area (TPSA) is 59.6 Å². The summed E-state index contributed by atoms with van der Waals surface area (Å²) in [5.74, 6) is -0.0821. The fraction of sp³-hybridized carbons (Fsp3) is 0.438. The monoisotopic (exact) mass is 292 g/mol. The molecule has 0 heterocycles. The van der Waals surface area contributed by atoms with Crippen LogP contribution < -0.4 is 10.6 Å². The summed E-state index contributed by atoms with van der Waals surface area (Å²) in [5, 5.41) is 5.88. The van der Waals surface area contributed by atoms with E-state index in [1.807, 2.05) is 25.1 Å². The lowest BCUT2D eigenvalue weighted by Crippen LogP contribution is -2.27. The number of carbonyl (C=O) groups is 1. The first-order valence-corrected chi connectivity index (χ1v) is 7.08. The summed E-state index contributed by atoms with van der Waals surface area (Å²) in [6.07, 6.45) is 0. The maximum Gasteiger partial charge on any atom is 0.251 e. The number of ether oxygens (including phenoxy) is 2. The van der Waals surface area contributed by atoms with Crippen LogP contribution in [0, 0.1) is 0 Å². The summed E-state index contributed by atoms with van der Waals surface area (Å²) in [6.45, 7) is 9.06. The van der Waals surface area contributed by atoms with E-state index in [0.29, 0.717) is 38.5 Å². The molecule has 0 bridgehead atoms. The summed E-state index contributed by atoms with van der Waals surface area (Å²) >= 11 is 0. The third-order valence-corrected chi connectivity index (χ3v) is 2.61. The van der Waals surface area contributed by atoms with Crippen LogP contribution in [0.2, 0.25) is 0 Å². The summed E-state index contributed by atoms with van der Waals surface area (Å²) in [4.78, 5) is 11.7. The van der Waals surface area contributed by atoms with Crippen molar-refractivity contribution in [2.24, 2.45) is 0 Å². The van der Waals surface area contributed by atoms with E-state index in [2.05, 4.69) is 17.2 Å². The lowest BCUT2D eigenvalue weighted by molar-refractivity contribution is 0.0498. The fourth-order valence-electron chi connectivity index (χ4n) is 1.59. The Morgan fingerprint density at radius 3 is 2.14 bits per heavy atom. The Bertz CT molecular complexity index is 421. The number of allylic oxidation sites excluding steroid dienone is 1. The molecule has 0 saturated carbocycles. The molecule has 0 unspecified atom stereocenters. The van der Waals surface area contributed by atoms with Crippen molar-refractivity contribution in [1.82, 2.24) is 10.6 Å². The lowest BCUT2D eigenvalue weighted by atomic mass is 10.2. The van der Waals surface area contributed by atoms with Crippen molar-refractivity contribution in [2.45, 2.75) is 6.92 Å². The highest BCUT2D eigenvalue weighted by atomic mass is 16.5. The van der Waals surface area contributed by atoms with Crippen LogP contribution in [0.4, 0.5) is 0 Å². The Balaban J connectivity index is 1.91. The van der Waals surface area contributed by atoms with Crippen LogP contribution in [-0.2, 0) is 9.47 Å². The average Bonchev–Trinajstić information content (AvgIpc) is 2.49. The van der Waals surface area contributed by atoms with Gasteiger partial charge in [-0.2, -0.15) is 0 Å². The molecule has 5 heteroatoms. The molecule has 5 nitrogen and oxygen atoms in total. The Labute approximate surface area is 126 Å². The van der Waals surface area contributed by atoms with Gasteiger partial charge < -0.3 is 20.1 Å². The minimum absolute atomic E-state index is 0.0821. The molecule has 0 aliphatic heterocycles. The van der Waals surface area contributed by atoms with Gasteiger partial charge in [-0.3, -0.25) is 4.79 Å². The van der Waals surface area contributed by atoms with Crippen LogP contribution in [0.5, 0.6) is 0 Å². The molecule has 0 aromatic heterocycles. The predicted octanol–water partition coefficient (Wildman–Crippen LogP) is 1.57. The molecule has 0 fully saturated rings. The van der Waals surface area contributed by atoms with Crippen molar-refractivity contribution in [3.8, 4) is 0 Å². The maximum atomic E-state index is 11.7. The fourth-order valence-corrected chi connectivity index (χ4v) is 1.59. The Kier molecular flexibility index (Phi) is 8.91. The van der Waals surface area contributed by atoms with Crippen molar-refractivity contribution < 1.29 is 14.3 Å². The van der Waals surface area contributed by atoms with Crippen LogP contribution in [0.3, 0.4) is 0 Å². The number of rotatable bonds is 11. The number of benzene rings is 1. The zero-order valence-corrected chi connectivity index (χ0v) is 12.6. The highest BCUT2D eigenvalue weighted by Gasteiger charge is 2.02.